The van der Waals surface area contributed by atoms with Crippen molar-refractivity contribution in [3.05, 3.63) is 35.4 Å². The Balaban J connectivity index is 2.61. The molecule has 0 saturated heterocycles. The highest BCUT2D eigenvalue weighted by Crippen LogP contribution is 2.13. The van der Waals surface area contributed by atoms with Gasteiger partial charge in [0.2, 0.25) is 5.91 Å². The molecule has 0 spiro atoms. The first-order chi connectivity index (χ1) is 10.8. The third kappa shape index (κ3) is 5.43. The van der Waals surface area contributed by atoms with E-state index in [1.807, 2.05) is 0 Å². The summed E-state index contributed by atoms with van der Waals surface area (Å²) in [6, 6.07) is 1.53. The van der Waals surface area contributed by atoms with Crippen LogP contribution in [0.15, 0.2) is 18.2 Å². The summed E-state index contributed by atoms with van der Waals surface area (Å²) in [5.41, 5.74) is -0.295. The molecule has 2 atom stereocenters. The fraction of sp³-hybridized carbons (Fsp3) is 0.438. The van der Waals surface area contributed by atoms with Crippen molar-refractivity contribution in [3.63, 3.8) is 0 Å². The number of carboxylic acid groups (broad SMARTS) is 1. The molecule has 0 fully saturated rings. The highest BCUT2D eigenvalue weighted by Gasteiger charge is 2.25. The van der Waals surface area contributed by atoms with Gasteiger partial charge in [0.05, 0.1) is 5.56 Å². The molecule has 0 aliphatic carbocycles. The van der Waals surface area contributed by atoms with Crippen molar-refractivity contribution in [2.24, 2.45) is 5.92 Å². The van der Waals surface area contributed by atoms with Crippen LogP contribution in [0.2, 0.25) is 0 Å². The van der Waals surface area contributed by atoms with Crippen molar-refractivity contribution < 1.29 is 28.3 Å². The molecule has 1 rings (SSSR count). The van der Waals surface area contributed by atoms with E-state index >= 15 is 0 Å². The Labute approximate surface area is 132 Å². The second kappa shape index (κ2) is 8.36. The molecule has 0 saturated carbocycles. The molecular formula is C16H19F2NO4. The molecule has 0 bridgehead atoms. The number of carbonyl (C=O) groups excluding carboxylic acids is 2. The molecule has 0 aromatic heterocycles. The van der Waals surface area contributed by atoms with Gasteiger partial charge in [-0.25, -0.2) is 13.6 Å². The molecule has 0 heterocycles. The summed E-state index contributed by atoms with van der Waals surface area (Å²) in [5, 5.41) is 11.4. The number of rotatable bonds is 8. The minimum atomic E-state index is -1.15. The number of carbonyl (C=O) groups is 3. The zero-order valence-corrected chi connectivity index (χ0v) is 12.9. The van der Waals surface area contributed by atoms with E-state index in [0.717, 1.165) is 12.1 Å². The van der Waals surface area contributed by atoms with Crippen molar-refractivity contribution in [2.75, 3.05) is 0 Å². The number of hydrogen-bond acceptors (Lipinski definition) is 3. The van der Waals surface area contributed by atoms with E-state index in [1.54, 1.807) is 13.8 Å². The van der Waals surface area contributed by atoms with Crippen LogP contribution in [0, 0.1) is 17.6 Å². The largest absolute Gasteiger partial charge is 0.480 e. The zero-order valence-electron chi connectivity index (χ0n) is 12.9. The predicted molar refractivity (Wildman–Crippen MR) is 78.9 cm³/mol. The second-order valence-corrected chi connectivity index (χ2v) is 5.32. The average molecular weight is 327 g/mol. The van der Waals surface area contributed by atoms with Crippen LogP contribution >= 0.6 is 0 Å². The van der Waals surface area contributed by atoms with Crippen molar-refractivity contribution in [1.29, 1.82) is 0 Å². The minimum absolute atomic E-state index is 0.262. The highest BCUT2D eigenvalue weighted by atomic mass is 19.1. The van der Waals surface area contributed by atoms with Gasteiger partial charge in [-0.3, -0.25) is 9.59 Å². The van der Waals surface area contributed by atoms with Crippen LogP contribution in [0.1, 0.15) is 43.5 Å². The van der Waals surface area contributed by atoms with E-state index in [2.05, 4.69) is 5.32 Å². The van der Waals surface area contributed by atoms with E-state index in [1.165, 1.54) is 0 Å². The second-order valence-electron chi connectivity index (χ2n) is 5.32. The lowest BCUT2D eigenvalue weighted by molar-refractivity contribution is -0.143. The Morgan fingerprint density at radius 3 is 2.39 bits per heavy atom. The number of Topliss-reactive ketones (excluding diaryl/α,β-unsaturated/α-hetero) is 1. The van der Waals surface area contributed by atoms with Crippen LogP contribution < -0.4 is 5.32 Å². The average Bonchev–Trinajstić information content (AvgIpc) is 2.49. The highest BCUT2D eigenvalue weighted by molar-refractivity contribution is 5.98. The first kappa shape index (κ1) is 18.7. The van der Waals surface area contributed by atoms with E-state index in [4.69, 9.17) is 5.11 Å². The monoisotopic (exact) mass is 327 g/mol. The van der Waals surface area contributed by atoms with Gasteiger partial charge in [-0.05, 0) is 18.1 Å². The molecule has 0 aliphatic rings. The lowest BCUT2D eigenvalue weighted by Gasteiger charge is -2.20. The molecule has 0 aliphatic heterocycles. The van der Waals surface area contributed by atoms with Gasteiger partial charge in [-0.15, -0.1) is 0 Å². The summed E-state index contributed by atoms with van der Waals surface area (Å²) in [6.07, 6.45) is 0.00800. The van der Waals surface area contributed by atoms with Gasteiger partial charge in [0.1, 0.15) is 17.7 Å². The van der Waals surface area contributed by atoms with E-state index in [-0.39, 0.29) is 24.3 Å². The number of halogens is 2. The summed E-state index contributed by atoms with van der Waals surface area (Å²) < 4.78 is 26.2. The van der Waals surface area contributed by atoms with Crippen LogP contribution in [0.5, 0.6) is 0 Å². The number of amides is 1. The molecule has 7 heteroatoms. The number of hydrogen-bond donors (Lipinski definition) is 2. The predicted octanol–water partition coefficient (Wildman–Crippen LogP) is 2.54. The molecule has 1 aromatic rings. The first-order valence-electron chi connectivity index (χ1n) is 7.26. The van der Waals surface area contributed by atoms with Crippen LogP contribution in [0.4, 0.5) is 8.78 Å². The van der Waals surface area contributed by atoms with Gasteiger partial charge >= 0.3 is 5.97 Å². The number of carboxylic acids is 1. The Morgan fingerprint density at radius 1 is 1.22 bits per heavy atom. The van der Waals surface area contributed by atoms with Gasteiger partial charge in [-0.2, -0.15) is 0 Å². The molecule has 0 unspecified atom stereocenters. The maximum absolute atomic E-state index is 13.5. The van der Waals surface area contributed by atoms with E-state index in [0.29, 0.717) is 12.5 Å². The third-order valence-corrected chi connectivity index (χ3v) is 3.61. The zero-order chi connectivity index (χ0) is 17.6. The van der Waals surface area contributed by atoms with Crippen LogP contribution in [0.25, 0.3) is 0 Å². The standard InChI is InChI=1S/C16H19F2NO4/c1-3-9(2)15(16(22)23)19-14(21)7-6-13(20)11-5-4-10(17)8-12(11)18/h4-5,8-9,15H,3,6-7H2,1-2H3,(H,19,21)(H,22,23)/t9-,15-/m0/s1. The molecule has 5 nitrogen and oxygen atoms in total. The number of aliphatic carboxylic acids is 1. The molecule has 1 aromatic carbocycles. The number of benzene rings is 1. The van der Waals surface area contributed by atoms with Crippen LogP contribution in [-0.2, 0) is 9.59 Å². The first-order valence-corrected chi connectivity index (χ1v) is 7.26. The normalized spacial score (nSPS) is 13.2. The maximum Gasteiger partial charge on any atom is 0.326 e. The quantitative estimate of drug-likeness (QED) is 0.719. The molecule has 2 N–H and O–H groups in total. The maximum atomic E-state index is 13.5. The van der Waals surface area contributed by atoms with Crippen LogP contribution in [0.3, 0.4) is 0 Å². The SMILES string of the molecule is CC[C@H](C)[C@H](NC(=O)CCC(=O)c1ccc(F)cc1F)C(=O)O. The number of ketones is 1. The Hall–Kier alpha value is -2.31. The smallest absolute Gasteiger partial charge is 0.326 e. The summed E-state index contributed by atoms with van der Waals surface area (Å²) >= 11 is 0. The van der Waals surface area contributed by atoms with Gasteiger partial charge in [0, 0.05) is 18.9 Å². The fourth-order valence-corrected chi connectivity index (χ4v) is 2.01. The minimum Gasteiger partial charge on any atom is -0.480 e. The lowest BCUT2D eigenvalue weighted by atomic mass is 9.99. The van der Waals surface area contributed by atoms with Gasteiger partial charge < -0.3 is 10.4 Å². The van der Waals surface area contributed by atoms with Gasteiger partial charge in [0.25, 0.3) is 0 Å². The lowest BCUT2D eigenvalue weighted by Crippen LogP contribution is -2.45. The van der Waals surface area contributed by atoms with Crippen LogP contribution in [-0.4, -0.2) is 28.8 Å². The molecule has 1 amide bonds. The molecule has 0 radical (unpaired) electrons. The summed E-state index contributed by atoms with van der Waals surface area (Å²) in [6.45, 7) is 3.49. The molecule has 126 valence electrons. The molecular weight excluding hydrogens is 308 g/mol. The third-order valence-electron chi connectivity index (χ3n) is 3.61. The van der Waals surface area contributed by atoms with Gasteiger partial charge in [-0.1, -0.05) is 20.3 Å². The summed E-state index contributed by atoms with van der Waals surface area (Å²) in [7, 11) is 0. The van der Waals surface area contributed by atoms with E-state index < -0.39 is 35.3 Å². The summed E-state index contributed by atoms with van der Waals surface area (Å²) in [5.74, 6) is -4.44. The molecule has 23 heavy (non-hydrogen) atoms. The van der Waals surface area contributed by atoms with Gasteiger partial charge in [0.15, 0.2) is 5.78 Å². The Morgan fingerprint density at radius 2 is 1.87 bits per heavy atom. The van der Waals surface area contributed by atoms with E-state index in [9.17, 15) is 23.2 Å². The van der Waals surface area contributed by atoms with Crippen molar-refractivity contribution in [1.82, 2.24) is 5.32 Å². The van der Waals surface area contributed by atoms with Crippen molar-refractivity contribution >= 4 is 17.7 Å². The van der Waals surface area contributed by atoms with Crippen molar-refractivity contribution in [2.45, 2.75) is 39.2 Å². The summed E-state index contributed by atoms with van der Waals surface area (Å²) in [4.78, 5) is 34.7. The Bertz CT molecular complexity index is 604. The van der Waals surface area contributed by atoms with Crippen molar-refractivity contribution in [3.8, 4) is 0 Å². The topological polar surface area (TPSA) is 83.5 Å². The Kier molecular flexibility index (Phi) is 6.81. The fourth-order valence-electron chi connectivity index (χ4n) is 2.01. The number of nitrogens with one attached hydrogen (secondary N) is 1.